The Morgan fingerprint density at radius 1 is 1.09 bits per heavy atom. The van der Waals surface area contributed by atoms with Crippen LogP contribution in [0.25, 0.3) is 0 Å². The highest BCUT2D eigenvalue weighted by Crippen LogP contribution is 2.55. The van der Waals surface area contributed by atoms with E-state index in [4.69, 9.17) is 25.8 Å². The lowest BCUT2D eigenvalue weighted by Gasteiger charge is -2.41. The Hall–Kier alpha value is -3.39. The second-order valence-electron chi connectivity index (χ2n) is 8.38. The third-order valence-electron chi connectivity index (χ3n) is 6.67. The zero-order chi connectivity index (χ0) is 23.5. The fourth-order valence-corrected chi connectivity index (χ4v) is 5.33. The van der Waals surface area contributed by atoms with E-state index in [9.17, 15) is 14.4 Å². The van der Waals surface area contributed by atoms with Gasteiger partial charge in [-0.05, 0) is 24.1 Å². The van der Waals surface area contributed by atoms with Gasteiger partial charge < -0.3 is 19.5 Å². The Morgan fingerprint density at radius 3 is 2.45 bits per heavy atom. The molecule has 9 heteroatoms. The third kappa shape index (κ3) is 2.90. The molecule has 5 rings (SSSR count). The summed E-state index contributed by atoms with van der Waals surface area (Å²) in [6.07, 6.45) is 3.58. The molecule has 3 unspecified atom stereocenters. The predicted molar refractivity (Wildman–Crippen MR) is 118 cm³/mol. The van der Waals surface area contributed by atoms with Crippen LogP contribution in [-0.2, 0) is 9.59 Å². The normalized spacial score (nSPS) is 26.0. The zero-order valence-corrected chi connectivity index (χ0v) is 19.0. The maximum absolute atomic E-state index is 14.1. The molecule has 3 heterocycles. The maximum atomic E-state index is 14.1. The van der Waals surface area contributed by atoms with Crippen LogP contribution >= 0.6 is 11.6 Å². The van der Waals surface area contributed by atoms with Crippen LogP contribution in [0.4, 0.5) is 0 Å². The van der Waals surface area contributed by atoms with E-state index in [2.05, 4.69) is 10.3 Å². The predicted octanol–water partition coefficient (Wildman–Crippen LogP) is 3.23. The second-order valence-corrected chi connectivity index (χ2v) is 8.76. The fraction of sp³-hybridized carbons (Fsp3) is 0.333. The summed E-state index contributed by atoms with van der Waals surface area (Å²) in [5.41, 5.74) is -0.0163. The van der Waals surface area contributed by atoms with Crippen molar-refractivity contribution >= 4 is 29.1 Å². The first-order valence-corrected chi connectivity index (χ1v) is 10.9. The van der Waals surface area contributed by atoms with E-state index < -0.39 is 29.0 Å². The molecule has 33 heavy (non-hydrogen) atoms. The molecule has 0 radical (unpaired) electrons. The topological polar surface area (TPSA) is 104 Å². The number of pyridine rings is 1. The Balaban J connectivity index is 1.68. The van der Waals surface area contributed by atoms with Gasteiger partial charge in [-0.15, -0.1) is 0 Å². The van der Waals surface area contributed by atoms with Crippen LogP contribution < -0.4 is 19.5 Å². The second kappa shape index (κ2) is 7.59. The molecule has 2 aromatic rings. The number of hydrogen-bond donors (Lipinski definition) is 1. The van der Waals surface area contributed by atoms with Gasteiger partial charge in [-0.2, -0.15) is 0 Å². The first-order chi connectivity index (χ1) is 15.8. The number of halogens is 1. The van der Waals surface area contributed by atoms with E-state index in [1.54, 1.807) is 31.5 Å². The van der Waals surface area contributed by atoms with Gasteiger partial charge in [0.2, 0.25) is 23.1 Å². The summed E-state index contributed by atoms with van der Waals surface area (Å²) in [5.74, 6) is -1.68. The minimum Gasteiger partial charge on any atom is -0.496 e. The standard InChI is InChI=1S/C24H21ClN2O6/c1-11-8-14-18(13(9-17(28)27-14)12-4-6-26-7-5-12)22(29)24(11)23(30)19-15(31-2)10-16(32-3)20(25)21(19)33-24/h4-7,10-11,13H,8-9H2,1-3H3,(H,27,28). The zero-order valence-electron chi connectivity index (χ0n) is 18.2. The summed E-state index contributed by atoms with van der Waals surface area (Å²) in [4.78, 5) is 44.5. The number of amides is 1. The summed E-state index contributed by atoms with van der Waals surface area (Å²) in [7, 11) is 2.86. The molecule has 170 valence electrons. The lowest BCUT2D eigenvalue weighted by atomic mass is 9.66. The van der Waals surface area contributed by atoms with Crippen LogP contribution in [0.3, 0.4) is 0 Å². The van der Waals surface area contributed by atoms with Crippen molar-refractivity contribution in [3.05, 3.63) is 58.0 Å². The average Bonchev–Trinajstić information content (AvgIpc) is 3.13. The summed E-state index contributed by atoms with van der Waals surface area (Å²) in [6, 6.07) is 5.04. The number of carbonyl (C=O) groups is 3. The maximum Gasteiger partial charge on any atom is 0.236 e. The highest BCUT2D eigenvalue weighted by Gasteiger charge is 2.63. The van der Waals surface area contributed by atoms with Gasteiger partial charge in [-0.3, -0.25) is 19.4 Å². The number of nitrogens with zero attached hydrogens (tertiary/aromatic N) is 1. The number of ketones is 2. The van der Waals surface area contributed by atoms with Crippen LogP contribution in [-0.4, -0.2) is 42.3 Å². The van der Waals surface area contributed by atoms with Gasteiger partial charge in [0.15, 0.2) is 5.75 Å². The van der Waals surface area contributed by atoms with Crippen molar-refractivity contribution in [1.29, 1.82) is 0 Å². The molecule has 8 nitrogen and oxygen atoms in total. The number of aromatic nitrogens is 1. The number of fused-ring (bicyclic) bond motifs is 1. The highest BCUT2D eigenvalue weighted by atomic mass is 35.5. The van der Waals surface area contributed by atoms with Crippen LogP contribution in [0.5, 0.6) is 17.2 Å². The van der Waals surface area contributed by atoms with E-state index in [1.807, 2.05) is 0 Å². The number of nitrogens with one attached hydrogen (secondary N) is 1. The van der Waals surface area contributed by atoms with Crippen LogP contribution in [0.1, 0.15) is 41.6 Å². The van der Waals surface area contributed by atoms with Crippen molar-refractivity contribution in [1.82, 2.24) is 10.3 Å². The smallest absolute Gasteiger partial charge is 0.236 e. The van der Waals surface area contributed by atoms with E-state index in [-0.39, 0.29) is 46.6 Å². The molecule has 3 aliphatic rings. The molecule has 2 aliphatic heterocycles. The molecule has 1 aliphatic carbocycles. The van der Waals surface area contributed by atoms with Crippen LogP contribution in [0.2, 0.25) is 5.02 Å². The summed E-state index contributed by atoms with van der Waals surface area (Å²) in [5, 5.41) is 2.94. The van der Waals surface area contributed by atoms with E-state index >= 15 is 0 Å². The first-order valence-electron chi connectivity index (χ1n) is 10.5. The molecular formula is C24H21ClN2O6. The fourth-order valence-electron chi connectivity index (χ4n) is 5.07. The Morgan fingerprint density at radius 2 is 1.79 bits per heavy atom. The van der Waals surface area contributed by atoms with Crippen molar-refractivity contribution < 1.29 is 28.6 Å². The Bertz CT molecular complexity index is 1240. The lowest BCUT2D eigenvalue weighted by molar-refractivity contribution is -0.131. The molecule has 3 atom stereocenters. The molecule has 1 spiro atoms. The lowest BCUT2D eigenvalue weighted by Crippen LogP contribution is -2.59. The van der Waals surface area contributed by atoms with Crippen molar-refractivity contribution in [2.24, 2.45) is 5.92 Å². The number of hydrogen-bond acceptors (Lipinski definition) is 7. The number of carbonyl (C=O) groups excluding carboxylic acids is 3. The van der Waals surface area contributed by atoms with Crippen molar-refractivity contribution in [2.45, 2.75) is 31.3 Å². The van der Waals surface area contributed by atoms with Crippen LogP contribution in [0.15, 0.2) is 41.9 Å². The number of allylic oxidation sites excluding steroid dienone is 1. The number of Topliss-reactive ketones (excluding diaryl/α,β-unsaturated/α-hetero) is 2. The molecule has 1 amide bonds. The van der Waals surface area contributed by atoms with Gasteiger partial charge in [0, 0.05) is 48.0 Å². The van der Waals surface area contributed by atoms with Crippen LogP contribution in [0, 0.1) is 5.92 Å². The molecule has 1 aromatic heterocycles. The van der Waals surface area contributed by atoms with Gasteiger partial charge in [-0.1, -0.05) is 18.5 Å². The number of benzene rings is 1. The molecule has 1 aromatic carbocycles. The monoisotopic (exact) mass is 468 g/mol. The van der Waals surface area contributed by atoms with Gasteiger partial charge in [0.25, 0.3) is 0 Å². The molecule has 0 saturated heterocycles. The SMILES string of the molecule is COc1cc(OC)c2c(c1Cl)OC1(C(=O)C3=C(CC1C)NC(=O)CC3c1ccncc1)C2=O. The summed E-state index contributed by atoms with van der Waals surface area (Å²) < 4.78 is 16.9. The van der Waals surface area contributed by atoms with E-state index in [0.717, 1.165) is 5.56 Å². The van der Waals surface area contributed by atoms with E-state index in [0.29, 0.717) is 11.3 Å². The average molecular weight is 469 g/mol. The molecule has 0 bridgehead atoms. The number of methoxy groups -OCH3 is 2. The highest BCUT2D eigenvalue weighted by molar-refractivity contribution is 6.36. The minimum atomic E-state index is -1.81. The van der Waals surface area contributed by atoms with Gasteiger partial charge in [-0.25, -0.2) is 0 Å². The quantitative estimate of drug-likeness (QED) is 0.689. The number of ether oxygens (including phenoxy) is 3. The molecule has 0 fully saturated rings. The van der Waals surface area contributed by atoms with Crippen molar-refractivity contribution in [2.75, 3.05) is 14.2 Å². The van der Waals surface area contributed by atoms with Gasteiger partial charge in [0.05, 0.1) is 14.2 Å². The molecule has 1 N–H and O–H groups in total. The van der Waals surface area contributed by atoms with Gasteiger partial charge in [0.1, 0.15) is 22.1 Å². The largest absolute Gasteiger partial charge is 0.496 e. The van der Waals surface area contributed by atoms with Crippen molar-refractivity contribution in [3.63, 3.8) is 0 Å². The number of rotatable bonds is 3. The Kier molecular flexibility index (Phi) is 4.93. The summed E-state index contributed by atoms with van der Waals surface area (Å²) in [6.45, 7) is 1.76. The van der Waals surface area contributed by atoms with Crippen molar-refractivity contribution in [3.8, 4) is 17.2 Å². The summed E-state index contributed by atoms with van der Waals surface area (Å²) >= 11 is 6.48. The third-order valence-corrected chi connectivity index (χ3v) is 7.02. The van der Waals surface area contributed by atoms with Gasteiger partial charge >= 0.3 is 0 Å². The molecule has 0 saturated carbocycles. The molecular weight excluding hydrogens is 448 g/mol. The first kappa shape index (κ1) is 21.5. The minimum absolute atomic E-state index is 0.0717. The Labute approximate surface area is 194 Å². The van der Waals surface area contributed by atoms with E-state index in [1.165, 1.54) is 20.3 Å².